The van der Waals surface area contributed by atoms with E-state index in [-0.39, 0.29) is 32.2 Å². The van der Waals surface area contributed by atoms with Crippen molar-refractivity contribution >= 4 is 17.9 Å². The second kappa shape index (κ2) is 66.2. The fourth-order valence-corrected chi connectivity index (χ4v) is 9.97. The first-order valence-corrected chi connectivity index (χ1v) is 35.4. The molecule has 0 fully saturated rings. The third-order valence-electron chi connectivity index (χ3n) is 15.4. The fraction of sp³-hybridized carbons (Fsp3) is 0.750. The molecule has 0 amide bonds. The summed E-state index contributed by atoms with van der Waals surface area (Å²) in [5, 5.41) is 9.75. The van der Waals surface area contributed by atoms with Crippen LogP contribution in [0.4, 0.5) is 0 Å². The highest BCUT2D eigenvalue weighted by molar-refractivity contribution is 5.71. The summed E-state index contributed by atoms with van der Waals surface area (Å²) < 4.78 is 23.0. The zero-order chi connectivity index (χ0) is 61.9. The Labute approximate surface area is 524 Å². The summed E-state index contributed by atoms with van der Waals surface area (Å²) in [6, 6.07) is 0. The van der Waals surface area contributed by atoms with Crippen LogP contribution in [0, 0.1) is 0 Å². The predicted octanol–water partition coefficient (Wildman–Crippen LogP) is 22.0. The quantitative estimate of drug-likeness (QED) is 0.0211. The lowest BCUT2D eigenvalue weighted by Crippen LogP contribution is -2.40. The van der Waals surface area contributed by atoms with Crippen LogP contribution < -0.4 is 0 Å². The van der Waals surface area contributed by atoms with Crippen LogP contribution in [0.2, 0.25) is 0 Å². The van der Waals surface area contributed by atoms with E-state index in [0.717, 1.165) is 89.9 Å². The van der Waals surface area contributed by atoms with E-state index in [0.29, 0.717) is 23.9 Å². The lowest BCUT2D eigenvalue weighted by Gasteiger charge is -2.25. The number of hydrogen-bond acceptors (Lipinski definition) is 7. The van der Waals surface area contributed by atoms with Crippen LogP contribution >= 0.6 is 0 Å². The first-order chi connectivity index (χ1) is 41.6. The van der Waals surface area contributed by atoms with Gasteiger partial charge in [0.1, 0.15) is 13.2 Å². The zero-order valence-electron chi connectivity index (χ0n) is 56.0. The lowest BCUT2D eigenvalue weighted by atomic mass is 10.0. The summed E-state index contributed by atoms with van der Waals surface area (Å²) in [6.07, 6.45) is 88.0. The van der Waals surface area contributed by atoms with E-state index in [1.165, 1.54) is 186 Å². The Balaban J connectivity index is 4.11. The van der Waals surface area contributed by atoms with Crippen LogP contribution in [0.5, 0.6) is 0 Å². The van der Waals surface area contributed by atoms with Gasteiger partial charge in [0, 0.05) is 12.8 Å². The number of ether oxygens (including phenoxy) is 4. The van der Waals surface area contributed by atoms with Gasteiger partial charge in [-0.15, -0.1) is 0 Å². The number of nitrogens with zero attached hydrogens (tertiary/aromatic N) is 1. The molecule has 9 nitrogen and oxygen atoms in total. The Hall–Kier alpha value is -3.79. The van der Waals surface area contributed by atoms with Crippen molar-refractivity contribution in [3.8, 4) is 0 Å². The third-order valence-corrected chi connectivity index (χ3v) is 15.4. The van der Waals surface area contributed by atoms with Gasteiger partial charge in [-0.2, -0.15) is 0 Å². The Morgan fingerprint density at radius 2 is 0.671 bits per heavy atom. The second-order valence-corrected chi connectivity index (χ2v) is 24.8. The van der Waals surface area contributed by atoms with Crippen molar-refractivity contribution in [2.24, 2.45) is 0 Å². The van der Waals surface area contributed by atoms with Gasteiger partial charge < -0.3 is 28.5 Å². The summed E-state index contributed by atoms with van der Waals surface area (Å²) in [6.45, 7) is 4.80. The number of allylic oxidation sites excluding steroid dienone is 16. The van der Waals surface area contributed by atoms with Crippen molar-refractivity contribution in [2.45, 2.75) is 322 Å². The molecule has 0 radical (unpaired) electrons. The van der Waals surface area contributed by atoms with Crippen LogP contribution in [-0.4, -0.2) is 87.4 Å². The van der Waals surface area contributed by atoms with Gasteiger partial charge >= 0.3 is 17.9 Å². The molecule has 0 aromatic heterocycles. The number of hydrogen-bond donors (Lipinski definition) is 1. The summed E-state index contributed by atoms with van der Waals surface area (Å²) in [5.41, 5.74) is 0. The van der Waals surface area contributed by atoms with E-state index >= 15 is 0 Å². The smallest absolute Gasteiger partial charge is 0.361 e. The molecule has 0 aliphatic rings. The summed E-state index contributed by atoms with van der Waals surface area (Å²) in [5.74, 6) is -1.99. The minimum atomic E-state index is -1.51. The Kier molecular flexibility index (Phi) is 63.2. The molecule has 0 rings (SSSR count). The van der Waals surface area contributed by atoms with Gasteiger partial charge in [-0.1, -0.05) is 317 Å². The average Bonchev–Trinajstić information content (AvgIpc) is 3.48. The standard InChI is InChI=1S/C76H133NO8/c1-6-8-10-12-14-16-18-20-22-24-26-28-30-31-32-33-34-35-36-37-38-39-40-41-42-43-45-47-49-51-53-55-57-59-61-63-65-67-74(79)85-72(71-84-76(75(80)81)82-69-68-77(3,4)5)70-83-73(78)66-64-62-60-58-56-54-52-50-48-46-44-29-27-25-23-21-19-17-15-13-11-9-7-2/h8,10,14,16,20,22,26,28,31-32,34-35,37-38,40-41,72,76H,6-7,9,11-13,15,17-19,21,23-25,27,29-30,33,36,39,42-71H2,1-5H3/p+1/b10-8-,16-14-,22-20-,28-26-,32-31-,35-34-,38-37-,41-40-. The highest BCUT2D eigenvalue weighted by Crippen LogP contribution is 2.18. The normalized spacial score (nSPS) is 13.3. The van der Waals surface area contributed by atoms with Gasteiger partial charge in [-0.25, -0.2) is 4.79 Å². The van der Waals surface area contributed by atoms with Crippen LogP contribution in [-0.2, 0) is 33.3 Å². The Morgan fingerprint density at radius 1 is 0.365 bits per heavy atom. The number of likely N-dealkylation sites (N-methyl/N-ethyl adjacent to an activating group) is 1. The first-order valence-electron chi connectivity index (χ1n) is 35.4. The fourth-order valence-electron chi connectivity index (χ4n) is 9.97. The third kappa shape index (κ3) is 67.6. The van der Waals surface area contributed by atoms with E-state index in [2.05, 4.69) is 111 Å². The number of carboxylic acid groups (broad SMARTS) is 1. The highest BCUT2D eigenvalue weighted by Gasteiger charge is 2.25. The Morgan fingerprint density at radius 3 is 1.00 bits per heavy atom. The number of unbranched alkanes of at least 4 members (excludes halogenated alkanes) is 34. The van der Waals surface area contributed by atoms with E-state index < -0.39 is 24.3 Å². The molecule has 85 heavy (non-hydrogen) atoms. The summed E-state index contributed by atoms with van der Waals surface area (Å²) >= 11 is 0. The summed E-state index contributed by atoms with van der Waals surface area (Å²) in [4.78, 5) is 37.6. The SMILES string of the molecule is CC/C=C\C/C=C\C/C=C\C/C=C\C/C=C\C/C=C\C/C=C\C/C=C\CCCCCCCCCCCCCCC(=O)OC(COC(=O)CCCCCCCCCCCCCCCCCCCCCCCCC)COC(OCC[N+](C)(C)C)C(=O)O. The minimum absolute atomic E-state index is 0.182. The van der Waals surface area contributed by atoms with Crippen molar-refractivity contribution in [1.82, 2.24) is 0 Å². The van der Waals surface area contributed by atoms with Crippen molar-refractivity contribution in [3.63, 3.8) is 0 Å². The molecule has 0 heterocycles. The number of rotatable bonds is 65. The van der Waals surface area contributed by atoms with Gasteiger partial charge in [0.25, 0.3) is 6.29 Å². The van der Waals surface area contributed by atoms with Crippen molar-refractivity contribution in [3.05, 3.63) is 97.2 Å². The van der Waals surface area contributed by atoms with Crippen LogP contribution in [0.3, 0.4) is 0 Å². The van der Waals surface area contributed by atoms with Gasteiger partial charge in [0.15, 0.2) is 6.10 Å². The van der Waals surface area contributed by atoms with Gasteiger partial charge in [0.05, 0.1) is 34.4 Å². The molecular formula is C76H134NO8+. The number of quaternary nitrogens is 1. The zero-order valence-corrected chi connectivity index (χ0v) is 56.0. The molecule has 0 aliphatic carbocycles. The molecule has 0 bridgehead atoms. The lowest BCUT2D eigenvalue weighted by molar-refractivity contribution is -0.870. The maximum Gasteiger partial charge on any atom is 0.361 e. The molecule has 0 saturated carbocycles. The van der Waals surface area contributed by atoms with Gasteiger partial charge in [-0.3, -0.25) is 9.59 Å². The number of aliphatic carboxylic acids is 1. The van der Waals surface area contributed by atoms with Crippen LogP contribution in [0.25, 0.3) is 0 Å². The highest BCUT2D eigenvalue weighted by atomic mass is 16.7. The topological polar surface area (TPSA) is 108 Å². The number of carboxylic acids is 1. The molecule has 0 aliphatic heterocycles. The van der Waals surface area contributed by atoms with Gasteiger partial charge in [-0.05, 0) is 77.0 Å². The van der Waals surface area contributed by atoms with Gasteiger partial charge in [0.2, 0.25) is 0 Å². The van der Waals surface area contributed by atoms with E-state index in [1.54, 1.807) is 0 Å². The number of carbonyl (C=O) groups excluding carboxylic acids is 2. The monoisotopic (exact) mass is 1190 g/mol. The molecule has 0 aromatic carbocycles. The molecule has 0 saturated heterocycles. The minimum Gasteiger partial charge on any atom is -0.477 e. The molecule has 490 valence electrons. The molecule has 2 atom stereocenters. The molecule has 2 unspecified atom stereocenters. The van der Waals surface area contributed by atoms with Crippen LogP contribution in [0.1, 0.15) is 309 Å². The van der Waals surface area contributed by atoms with E-state index in [4.69, 9.17) is 18.9 Å². The first kappa shape index (κ1) is 81.2. The molecule has 0 spiro atoms. The Bertz CT molecular complexity index is 1720. The van der Waals surface area contributed by atoms with Crippen molar-refractivity contribution in [2.75, 3.05) is 47.5 Å². The molecular weight excluding hydrogens is 1050 g/mol. The summed E-state index contributed by atoms with van der Waals surface area (Å²) in [7, 11) is 5.98. The number of carbonyl (C=O) groups is 3. The predicted molar refractivity (Wildman–Crippen MR) is 364 cm³/mol. The molecule has 9 heteroatoms. The maximum absolute atomic E-state index is 12.9. The van der Waals surface area contributed by atoms with E-state index in [1.807, 2.05) is 21.1 Å². The van der Waals surface area contributed by atoms with Crippen molar-refractivity contribution in [1.29, 1.82) is 0 Å². The van der Waals surface area contributed by atoms with E-state index in [9.17, 15) is 19.5 Å². The largest absolute Gasteiger partial charge is 0.477 e. The molecule has 0 aromatic rings. The molecule has 1 N–H and O–H groups in total. The average molecular weight is 1190 g/mol. The van der Waals surface area contributed by atoms with Crippen molar-refractivity contribution < 1.29 is 42.9 Å². The number of esters is 2. The second-order valence-electron chi connectivity index (χ2n) is 24.8. The maximum atomic E-state index is 12.9. The van der Waals surface area contributed by atoms with Crippen LogP contribution in [0.15, 0.2) is 97.2 Å².